The van der Waals surface area contributed by atoms with E-state index in [2.05, 4.69) is 0 Å². The number of ether oxygens (including phenoxy) is 1. The summed E-state index contributed by atoms with van der Waals surface area (Å²) in [5.74, 6) is 1.36. The van der Waals surface area contributed by atoms with Crippen molar-refractivity contribution in [1.82, 2.24) is 4.90 Å². The highest BCUT2D eigenvalue weighted by Gasteiger charge is 2.56. The minimum absolute atomic E-state index is 0.00154. The molecular weight excluding hydrogens is 330 g/mol. The van der Waals surface area contributed by atoms with E-state index in [9.17, 15) is 9.90 Å². The predicted octanol–water partition coefficient (Wildman–Crippen LogP) is 3.26. The number of aryl methyl sites for hydroxylation is 1. The van der Waals surface area contributed by atoms with Crippen molar-refractivity contribution in [2.24, 2.45) is 5.41 Å². The minimum Gasteiger partial charge on any atom is -0.461 e. The fraction of sp³-hybridized carbons (Fsp3) is 0.476. The summed E-state index contributed by atoms with van der Waals surface area (Å²) in [5, 5.41) is 10.3. The molecule has 138 valence electrons. The Kier molecular flexibility index (Phi) is 4.37. The molecular formula is C21H25NO4. The monoisotopic (exact) mass is 355 g/mol. The van der Waals surface area contributed by atoms with E-state index in [1.807, 2.05) is 48.2 Å². The maximum absolute atomic E-state index is 13.1. The van der Waals surface area contributed by atoms with Crippen LogP contribution in [0.4, 0.5) is 0 Å². The Hall–Kier alpha value is -2.11. The lowest BCUT2D eigenvalue weighted by atomic mass is 9.58. The van der Waals surface area contributed by atoms with E-state index in [1.165, 1.54) is 0 Å². The summed E-state index contributed by atoms with van der Waals surface area (Å²) in [7, 11) is 1.70. The van der Waals surface area contributed by atoms with Crippen LogP contribution in [0.2, 0.25) is 0 Å². The van der Waals surface area contributed by atoms with E-state index in [1.54, 1.807) is 7.11 Å². The van der Waals surface area contributed by atoms with E-state index < -0.39 is 0 Å². The van der Waals surface area contributed by atoms with Crippen molar-refractivity contribution in [2.45, 2.75) is 38.4 Å². The van der Waals surface area contributed by atoms with Crippen molar-refractivity contribution in [3.05, 3.63) is 47.7 Å². The smallest absolute Gasteiger partial charge is 0.257 e. The largest absolute Gasteiger partial charge is 0.461 e. The van der Waals surface area contributed by atoms with Gasteiger partial charge in [0.1, 0.15) is 11.5 Å². The molecule has 1 N–H and O–H groups in total. The molecule has 2 aromatic rings. The van der Waals surface area contributed by atoms with Crippen LogP contribution < -0.4 is 0 Å². The predicted molar refractivity (Wildman–Crippen MR) is 97.9 cm³/mol. The molecule has 0 bridgehead atoms. The third-order valence-electron chi connectivity index (χ3n) is 6.13. The van der Waals surface area contributed by atoms with Gasteiger partial charge in [-0.2, -0.15) is 0 Å². The number of piperidine rings is 1. The second-order valence-corrected chi connectivity index (χ2v) is 7.47. The van der Waals surface area contributed by atoms with Crippen molar-refractivity contribution in [2.75, 3.05) is 20.2 Å². The molecule has 1 saturated heterocycles. The Morgan fingerprint density at radius 3 is 2.58 bits per heavy atom. The molecule has 0 radical (unpaired) electrons. The van der Waals surface area contributed by atoms with Crippen LogP contribution in [-0.4, -0.2) is 48.3 Å². The van der Waals surface area contributed by atoms with Crippen molar-refractivity contribution in [3.8, 4) is 11.3 Å². The molecule has 1 aliphatic carbocycles. The molecule has 1 amide bonds. The van der Waals surface area contributed by atoms with Crippen molar-refractivity contribution < 1.29 is 19.1 Å². The molecule has 1 aromatic carbocycles. The number of aliphatic hydroxyl groups excluding tert-OH is 1. The number of furan rings is 1. The molecule has 4 rings (SSSR count). The summed E-state index contributed by atoms with van der Waals surface area (Å²) < 4.78 is 11.4. The Balaban J connectivity index is 1.53. The van der Waals surface area contributed by atoms with E-state index in [0.29, 0.717) is 30.8 Å². The van der Waals surface area contributed by atoms with Crippen LogP contribution in [0.1, 0.15) is 35.4 Å². The van der Waals surface area contributed by atoms with Crippen LogP contribution >= 0.6 is 0 Å². The van der Waals surface area contributed by atoms with Gasteiger partial charge in [-0.15, -0.1) is 0 Å². The van der Waals surface area contributed by atoms with Gasteiger partial charge in [0.25, 0.3) is 5.91 Å². The van der Waals surface area contributed by atoms with Crippen LogP contribution in [0.3, 0.4) is 0 Å². The number of carbonyl (C=O) groups is 1. The van der Waals surface area contributed by atoms with Gasteiger partial charge in [-0.25, -0.2) is 0 Å². The molecule has 5 nitrogen and oxygen atoms in total. The first-order valence-electron chi connectivity index (χ1n) is 9.21. The molecule has 1 aliphatic heterocycles. The van der Waals surface area contributed by atoms with Crippen LogP contribution in [0.5, 0.6) is 0 Å². The zero-order valence-corrected chi connectivity index (χ0v) is 15.3. The number of carbonyl (C=O) groups excluding carboxylic acids is 1. The first-order chi connectivity index (χ1) is 12.5. The minimum atomic E-state index is -0.319. The van der Waals surface area contributed by atoms with Gasteiger partial charge >= 0.3 is 0 Å². The summed E-state index contributed by atoms with van der Waals surface area (Å²) >= 11 is 0. The third-order valence-corrected chi connectivity index (χ3v) is 6.13. The normalized spacial score (nSPS) is 24.5. The topological polar surface area (TPSA) is 62.9 Å². The van der Waals surface area contributed by atoms with Gasteiger partial charge in [0, 0.05) is 37.6 Å². The lowest BCUT2D eigenvalue weighted by Crippen LogP contribution is -2.62. The molecule has 2 atom stereocenters. The summed E-state index contributed by atoms with van der Waals surface area (Å²) in [6, 6.07) is 11.6. The fourth-order valence-corrected chi connectivity index (χ4v) is 4.49. The van der Waals surface area contributed by atoms with E-state index in [4.69, 9.17) is 9.15 Å². The first kappa shape index (κ1) is 17.3. The molecule has 2 heterocycles. The van der Waals surface area contributed by atoms with E-state index in [-0.39, 0.29) is 23.5 Å². The zero-order valence-electron chi connectivity index (χ0n) is 15.3. The number of nitrogens with zero attached hydrogens (tertiary/aromatic N) is 1. The van der Waals surface area contributed by atoms with Gasteiger partial charge in [-0.05, 0) is 25.8 Å². The Bertz CT molecular complexity index is 790. The van der Waals surface area contributed by atoms with Crippen molar-refractivity contribution in [1.29, 1.82) is 0 Å². The van der Waals surface area contributed by atoms with Gasteiger partial charge in [0.15, 0.2) is 0 Å². The highest BCUT2D eigenvalue weighted by molar-refractivity contribution is 6.00. The number of likely N-dealkylation sites (tertiary alicyclic amines) is 1. The SMILES string of the molecule is COC1CC(O)C12CCN(C(=O)c1cc(C)oc1-c1ccccc1)CC2. The molecule has 5 heteroatoms. The van der Waals surface area contributed by atoms with Crippen molar-refractivity contribution in [3.63, 3.8) is 0 Å². The van der Waals surface area contributed by atoms with Gasteiger partial charge in [0.2, 0.25) is 0 Å². The summed E-state index contributed by atoms with van der Waals surface area (Å²) in [6.45, 7) is 3.13. The summed E-state index contributed by atoms with van der Waals surface area (Å²) in [6.07, 6.45) is 2.03. The summed E-state index contributed by atoms with van der Waals surface area (Å²) in [5.41, 5.74) is 1.34. The molecule has 26 heavy (non-hydrogen) atoms. The number of hydrogen-bond acceptors (Lipinski definition) is 4. The fourth-order valence-electron chi connectivity index (χ4n) is 4.49. The summed E-state index contributed by atoms with van der Waals surface area (Å²) in [4.78, 5) is 15.0. The first-order valence-corrected chi connectivity index (χ1v) is 9.21. The molecule has 1 saturated carbocycles. The molecule has 2 fully saturated rings. The number of aliphatic hydroxyl groups is 1. The van der Waals surface area contributed by atoms with Gasteiger partial charge < -0.3 is 19.2 Å². The van der Waals surface area contributed by atoms with E-state index >= 15 is 0 Å². The molecule has 1 spiro atoms. The van der Waals surface area contributed by atoms with E-state index in [0.717, 1.165) is 24.2 Å². The Morgan fingerprint density at radius 1 is 1.27 bits per heavy atom. The van der Waals surface area contributed by atoms with Gasteiger partial charge in [-0.3, -0.25) is 4.79 Å². The van der Waals surface area contributed by atoms with Gasteiger partial charge in [-0.1, -0.05) is 30.3 Å². The third kappa shape index (κ3) is 2.66. The highest BCUT2D eigenvalue weighted by Crippen LogP contribution is 2.50. The maximum atomic E-state index is 13.1. The molecule has 1 aromatic heterocycles. The molecule has 2 unspecified atom stereocenters. The number of hydrogen-bond donors (Lipinski definition) is 1. The number of methoxy groups -OCH3 is 1. The van der Waals surface area contributed by atoms with Crippen LogP contribution in [0.25, 0.3) is 11.3 Å². The van der Waals surface area contributed by atoms with Crippen LogP contribution in [0, 0.1) is 12.3 Å². The second kappa shape index (κ2) is 6.56. The molecule has 2 aliphatic rings. The average Bonchev–Trinajstić information content (AvgIpc) is 3.08. The average molecular weight is 355 g/mol. The number of benzene rings is 1. The number of amides is 1. The quantitative estimate of drug-likeness (QED) is 0.918. The maximum Gasteiger partial charge on any atom is 0.257 e. The van der Waals surface area contributed by atoms with Crippen LogP contribution in [0.15, 0.2) is 40.8 Å². The zero-order chi connectivity index (χ0) is 18.3. The van der Waals surface area contributed by atoms with Crippen molar-refractivity contribution >= 4 is 5.91 Å². The second-order valence-electron chi connectivity index (χ2n) is 7.47. The Labute approximate surface area is 153 Å². The standard InChI is InChI=1S/C21H25NO4/c1-14-12-16(19(26-14)15-6-4-3-5-7-15)20(24)22-10-8-21(9-11-22)17(23)13-18(21)25-2/h3-7,12,17-18,23H,8-11,13H2,1-2H3. The Morgan fingerprint density at radius 2 is 1.96 bits per heavy atom. The van der Waals surface area contributed by atoms with Gasteiger partial charge in [0.05, 0.1) is 17.8 Å². The highest BCUT2D eigenvalue weighted by atomic mass is 16.5. The lowest BCUT2D eigenvalue weighted by Gasteiger charge is -2.56. The van der Waals surface area contributed by atoms with Crippen LogP contribution in [-0.2, 0) is 4.74 Å². The lowest BCUT2D eigenvalue weighted by molar-refractivity contribution is -0.199. The number of rotatable bonds is 3.